The maximum Gasteiger partial charge on any atom is 0.0468 e. The molecule has 0 fully saturated rings. The van der Waals surface area contributed by atoms with Crippen LogP contribution in [0.4, 0.5) is 51.2 Å². The van der Waals surface area contributed by atoms with E-state index in [1.807, 2.05) is 22.7 Å². The number of nitrogens with zero attached hydrogens (tertiary/aromatic N) is 3. The molecule has 0 spiro atoms. The summed E-state index contributed by atoms with van der Waals surface area (Å²) in [5.74, 6) is 0. The molecule has 2 heterocycles. The highest BCUT2D eigenvalue weighted by atomic mass is 32.1. The van der Waals surface area contributed by atoms with E-state index in [4.69, 9.17) is 0 Å². The molecule has 21 aromatic carbocycles. The fraction of sp³-hybridized carbons (Fsp3) is 0.156. The van der Waals surface area contributed by atoms with Gasteiger partial charge in [0, 0.05) is 96.9 Å². The molecule has 27 rings (SSSR count). The Balaban J connectivity index is 0.000000111. The second kappa shape index (κ2) is 32.0. The van der Waals surface area contributed by atoms with E-state index >= 15 is 0 Å². The number of hydrogen-bond donors (Lipinski definition) is 0. The van der Waals surface area contributed by atoms with Crippen molar-refractivity contribution in [2.45, 2.75) is 135 Å². The molecule has 0 saturated carbocycles. The minimum absolute atomic E-state index is 0.0666. The molecule has 0 atom stereocenters. The number of para-hydroxylation sites is 3. The Morgan fingerprint density at radius 1 is 0.150 bits per heavy atom. The van der Waals surface area contributed by atoms with Gasteiger partial charge in [-0.05, 0) is 344 Å². The van der Waals surface area contributed by atoms with Gasteiger partial charge in [0.15, 0.2) is 0 Å². The van der Waals surface area contributed by atoms with Crippen molar-refractivity contribution in [3.8, 4) is 44.5 Å². The molecule has 0 unspecified atom stereocenters. The summed E-state index contributed by atoms with van der Waals surface area (Å²) in [6.45, 7) is 33.9. The minimum Gasteiger partial charge on any atom is -0.310 e. The highest BCUT2D eigenvalue weighted by Crippen LogP contribution is 2.62. The standard InChI is InChI=1S/C47H41N.2C44H35NS/c1-45(2)41-19-13-12-18-36(41)37-24-22-33(27-42(37)45)48(32-15-8-7-9-16-32)34-23-25-38-40-29-39-31(21-20-30-14-10-11-17-35(30)39)26-43(40)46(3,4)47(5,6)44(38)28-34;1-43(2)38-24-23-33-32-15-9-8-12-28(32)18-21-35(33)42(38)36-22-19-31(27-39(36)44(43,3)4)45(29-13-6-5-7-14-29)30-20-25-41-37(26-30)34-16-10-11-17-40(34)46-41;1-43(2)39-24-29-19-18-28-12-8-9-15-33(28)36(29)27-37(39)34-22-20-32(26-40(34)44(43,3)4)45(30-13-6-5-7-14-30)31-21-23-42-38(25-31)35-16-10-11-17-41(35)46-42/h7-29H,1-6H3;2*5-27H,1-4H3. The van der Waals surface area contributed by atoms with Crippen LogP contribution in [-0.2, 0) is 37.9 Å². The van der Waals surface area contributed by atoms with E-state index in [0.29, 0.717) is 0 Å². The molecule has 5 heteroatoms. The van der Waals surface area contributed by atoms with Crippen LogP contribution >= 0.6 is 22.7 Å². The number of rotatable bonds is 9. The van der Waals surface area contributed by atoms with Gasteiger partial charge in [0.25, 0.3) is 0 Å². The lowest BCUT2D eigenvalue weighted by molar-refractivity contribution is 0.299. The molecule has 2 aromatic heterocycles. The summed E-state index contributed by atoms with van der Waals surface area (Å²) in [6.07, 6.45) is 0. The van der Waals surface area contributed by atoms with Crippen molar-refractivity contribution in [1.29, 1.82) is 0 Å². The first kappa shape index (κ1) is 86.6. The highest BCUT2D eigenvalue weighted by Gasteiger charge is 2.50. The molecule has 0 saturated heterocycles. The molecule has 0 radical (unpaired) electrons. The van der Waals surface area contributed by atoms with Crippen LogP contribution in [0.1, 0.15) is 141 Å². The van der Waals surface area contributed by atoms with Gasteiger partial charge in [-0.3, -0.25) is 0 Å². The van der Waals surface area contributed by atoms with Crippen molar-refractivity contribution in [1.82, 2.24) is 0 Å². The summed E-state index contributed by atoms with van der Waals surface area (Å²) in [6, 6.07) is 156. The molecule has 0 N–H and O–H groups in total. The summed E-state index contributed by atoms with van der Waals surface area (Å²) in [5, 5.41) is 21.0. The van der Waals surface area contributed by atoms with Gasteiger partial charge in [0.2, 0.25) is 0 Å². The second-order valence-corrected chi connectivity index (χ2v) is 45.3. The monoisotopic (exact) mass is 1840 g/mol. The van der Waals surface area contributed by atoms with Crippen molar-refractivity contribution in [3.05, 3.63) is 463 Å². The average Bonchev–Trinajstić information content (AvgIpc) is 1.10. The van der Waals surface area contributed by atoms with Crippen molar-refractivity contribution in [2.75, 3.05) is 14.7 Å². The molecular formula is C135H111N3S2. The van der Waals surface area contributed by atoms with Crippen LogP contribution in [0.15, 0.2) is 419 Å². The van der Waals surface area contributed by atoms with Crippen molar-refractivity contribution in [2.24, 2.45) is 0 Å². The zero-order valence-electron chi connectivity index (χ0n) is 82.0. The van der Waals surface area contributed by atoms with Crippen LogP contribution in [0.5, 0.6) is 0 Å². The lowest BCUT2D eigenvalue weighted by Crippen LogP contribution is -2.43. The number of benzene rings is 21. The van der Waals surface area contributed by atoms with Crippen LogP contribution in [0.3, 0.4) is 0 Å². The Morgan fingerprint density at radius 3 is 0.879 bits per heavy atom. The van der Waals surface area contributed by atoms with Crippen LogP contribution < -0.4 is 14.7 Å². The summed E-state index contributed by atoms with van der Waals surface area (Å²) in [7, 11) is 0. The maximum absolute atomic E-state index is 2.48. The van der Waals surface area contributed by atoms with Crippen molar-refractivity contribution >= 4 is 179 Å². The highest BCUT2D eigenvalue weighted by molar-refractivity contribution is 7.26. The van der Waals surface area contributed by atoms with E-state index in [1.165, 1.54) is 228 Å². The largest absolute Gasteiger partial charge is 0.310 e. The third-order valence-electron chi connectivity index (χ3n) is 34.2. The van der Waals surface area contributed by atoms with Gasteiger partial charge < -0.3 is 14.7 Å². The minimum atomic E-state index is -0.111. The van der Waals surface area contributed by atoms with Crippen LogP contribution in [0, 0.1) is 0 Å². The predicted molar refractivity (Wildman–Crippen MR) is 606 cm³/mol. The summed E-state index contributed by atoms with van der Waals surface area (Å²) >= 11 is 3.74. The lowest BCUT2D eigenvalue weighted by Gasteiger charge is -2.49. The van der Waals surface area contributed by atoms with Crippen molar-refractivity contribution < 1.29 is 0 Å². The third kappa shape index (κ3) is 13.2. The van der Waals surface area contributed by atoms with Gasteiger partial charge >= 0.3 is 0 Å². The Morgan fingerprint density at radius 2 is 0.443 bits per heavy atom. The van der Waals surface area contributed by atoms with Gasteiger partial charge in [-0.1, -0.05) is 358 Å². The van der Waals surface area contributed by atoms with Crippen LogP contribution in [0.25, 0.3) is 149 Å². The molecule has 4 aliphatic carbocycles. The molecule has 140 heavy (non-hydrogen) atoms. The summed E-state index contributed by atoms with van der Waals surface area (Å²) in [4.78, 5) is 7.31. The van der Waals surface area contributed by atoms with E-state index in [1.54, 1.807) is 0 Å². The van der Waals surface area contributed by atoms with E-state index < -0.39 is 0 Å². The molecular weight excluding hydrogens is 1730 g/mol. The summed E-state index contributed by atoms with van der Waals surface area (Å²) in [5.41, 5.74) is 32.0. The van der Waals surface area contributed by atoms with Gasteiger partial charge in [0.05, 0.1) is 0 Å². The van der Waals surface area contributed by atoms with Crippen molar-refractivity contribution in [3.63, 3.8) is 0 Å². The SMILES string of the molecule is CC1(C)c2cc(N(c3ccccc3)c3ccc4sc5ccccc5c4c3)ccc2-c2c(ccc3c2ccc2ccccc23)C1(C)C.CC1(C)c2cc(N(c3ccccc3)c3ccc4sc5ccccc5c4c3)ccc2-c2cc3c(ccc4ccccc43)cc2C1(C)C.CC1(C)c2ccccc2-c2ccc(N(c3ccccc3)c3ccc4c(c3)C(C)(C)C(C)(C)c3cc5ccc6ccccc6c5cc3-4)cc21. The second-order valence-electron chi connectivity index (χ2n) is 43.1. The van der Waals surface area contributed by atoms with Crippen LogP contribution in [0.2, 0.25) is 0 Å². The molecule has 0 amide bonds. The van der Waals surface area contributed by atoms with E-state index in [-0.39, 0.29) is 37.9 Å². The number of fused-ring (bicyclic) bond motifs is 28. The van der Waals surface area contributed by atoms with E-state index in [0.717, 1.165) is 17.1 Å². The predicted octanol–water partition coefficient (Wildman–Crippen LogP) is 39.1. The number of thiophene rings is 2. The topological polar surface area (TPSA) is 9.72 Å². The first-order valence-electron chi connectivity index (χ1n) is 49.7. The molecule has 0 bridgehead atoms. The Bertz CT molecular complexity index is 8990. The first-order valence-corrected chi connectivity index (χ1v) is 51.3. The molecule has 0 aliphatic heterocycles. The molecule has 4 aliphatic rings. The normalized spacial score (nSPS) is 15.3. The van der Waals surface area contributed by atoms with E-state index in [9.17, 15) is 0 Å². The Labute approximate surface area is 829 Å². The molecule has 23 aromatic rings. The Hall–Kier alpha value is -15.0. The summed E-state index contributed by atoms with van der Waals surface area (Å²) < 4.78 is 5.31. The van der Waals surface area contributed by atoms with Gasteiger partial charge in [-0.15, -0.1) is 22.7 Å². The average molecular weight is 1840 g/mol. The maximum atomic E-state index is 2.48. The Kier molecular flexibility index (Phi) is 19.8. The lowest BCUT2D eigenvalue weighted by atomic mass is 9.55. The molecule has 3 nitrogen and oxygen atoms in total. The van der Waals surface area contributed by atoms with Gasteiger partial charge in [0.1, 0.15) is 0 Å². The zero-order valence-corrected chi connectivity index (χ0v) is 83.6. The van der Waals surface area contributed by atoms with Crippen LogP contribution in [-0.4, -0.2) is 0 Å². The smallest absolute Gasteiger partial charge is 0.0468 e. The third-order valence-corrected chi connectivity index (χ3v) is 36.5. The van der Waals surface area contributed by atoms with E-state index in [2.05, 4.69) is 530 Å². The number of hydrogen-bond acceptors (Lipinski definition) is 5. The fourth-order valence-corrected chi connectivity index (χ4v) is 26.5. The fourth-order valence-electron chi connectivity index (χ4n) is 24.4. The van der Waals surface area contributed by atoms with Gasteiger partial charge in [-0.2, -0.15) is 0 Å². The van der Waals surface area contributed by atoms with Gasteiger partial charge in [-0.25, -0.2) is 0 Å². The quantitative estimate of drug-likeness (QED) is 0.133. The number of anilines is 9. The zero-order chi connectivity index (χ0) is 95.4. The molecule has 678 valence electrons. The first-order chi connectivity index (χ1) is 67.7.